The zero-order chi connectivity index (χ0) is 39.0. The van der Waals surface area contributed by atoms with Gasteiger partial charge in [-0.25, -0.2) is 9.10 Å². The number of para-hydroxylation sites is 1. The number of nitrogens with zero attached hydrogens (tertiary/aromatic N) is 4. The van der Waals surface area contributed by atoms with Gasteiger partial charge in [0.25, 0.3) is 6.01 Å². The number of methoxy groups -OCH3 is 1. The largest absolute Gasteiger partial charge is 0.468 e. The van der Waals surface area contributed by atoms with Crippen molar-refractivity contribution in [3.8, 4) is 6.01 Å². The van der Waals surface area contributed by atoms with Crippen molar-refractivity contribution in [1.82, 2.24) is 28.8 Å². The first kappa shape index (κ1) is 44.4. The second-order valence-corrected chi connectivity index (χ2v) is 15.6. The van der Waals surface area contributed by atoms with E-state index in [9.17, 15) is 19.2 Å². The minimum absolute atomic E-state index is 0.173. The molecule has 2 heterocycles. The number of nitrogens with two attached hydrogens (primary N) is 1. The minimum Gasteiger partial charge on any atom is -0.468 e. The number of unbranched alkanes of at least 4 members (excludes halogenated alkanes) is 3. The molecule has 4 rings (SSSR count). The molecule has 0 spiro atoms. The van der Waals surface area contributed by atoms with E-state index in [1.807, 2.05) is 18.4 Å². The SMILES string of the molecule is CC(C)(C)OC(=O)NCC(=O)N1CCCC1C(N)=O.CCCCC/C=C\C1CC1C(=O)NSN(C)C.CCc1cccc2c1nc(OC)n2C(C)C. The molecule has 2 fully saturated rings. The second kappa shape index (κ2) is 21.7. The van der Waals surface area contributed by atoms with Crippen LogP contribution in [0.3, 0.4) is 0 Å². The molecule has 4 amide bonds. The Morgan fingerprint density at radius 1 is 1.15 bits per heavy atom. The zero-order valence-electron chi connectivity index (χ0n) is 33.0. The van der Waals surface area contributed by atoms with Crippen LogP contribution in [0.2, 0.25) is 0 Å². The Morgan fingerprint density at radius 2 is 1.87 bits per heavy atom. The first-order chi connectivity index (χ1) is 24.5. The maximum absolute atomic E-state index is 11.9. The van der Waals surface area contributed by atoms with Gasteiger partial charge >= 0.3 is 6.09 Å². The molecule has 1 saturated heterocycles. The molecule has 0 bridgehead atoms. The minimum atomic E-state index is -0.657. The van der Waals surface area contributed by atoms with Crippen molar-refractivity contribution in [2.45, 2.75) is 118 Å². The van der Waals surface area contributed by atoms with Crippen LogP contribution in [0.4, 0.5) is 4.79 Å². The zero-order valence-corrected chi connectivity index (χ0v) is 33.8. The number of carbonyl (C=O) groups is 4. The predicted octanol–water partition coefficient (Wildman–Crippen LogP) is 6.18. The molecule has 1 aromatic carbocycles. The number of alkyl carbamates (subject to hydrolysis) is 1. The molecule has 2 aliphatic rings. The van der Waals surface area contributed by atoms with Crippen molar-refractivity contribution in [3.05, 3.63) is 35.9 Å². The van der Waals surface area contributed by atoms with E-state index in [1.54, 1.807) is 27.9 Å². The summed E-state index contributed by atoms with van der Waals surface area (Å²) in [5.41, 5.74) is 8.10. The molecule has 0 radical (unpaired) electrons. The van der Waals surface area contributed by atoms with E-state index in [-0.39, 0.29) is 24.3 Å². The van der Waals surface area contributed by atoms with Gasteiger partial charge in [0.1, 0.15) is 18.2 Å². The number of ether oxygens (including phenoxy) is 2. The molecule has 292 valence electrons. The molecule has 52 heavy (non-hydrogen) atoms. The van der Waals surface area contributed by atoms with Crippen molar-refractivity contribution in [1.29, 1.82) is 0 Å². The normalized spacial score (nSPS) is 18.1. The topological polar surface area (TPSA) is 161 Å². The van der Waals surface area contributed by atoms with E-state index in [0.29, 0.717) is 30.9 Å². The number of aryl methyl sites for hydroxylation is 1. The molecule has 4 N–H and O–H groups in total. The Hall–Kier alpha value is -3.78. The average molecular weight is 746 g/mol. The number of likely N-dealkylation sites (tertiary alicyclic amines) is 1. The predicted molar refractivity (Wildman–Crippen MR) is 209 cm³/mol. The molecular formula is C38H63N7O6S. The number of hydrogen-bond acceptors (Lipinski definition) is 9. The number of hydrogen-bond donors (Lipinski definition) is 3. The van der Waals surface area contributed by atoms with Crippen LogP contribution in [-0.2, 0) is 25.5 Å². The van der Waals surface area contributed by atoms with Crippen LogP contribution < -0.4 is 20.5 Å². The highest BCUT2D eigenvalue weighted by molar-refractivity contribution is 7.95. The van der Waals surface area contributed by atoms with Crippen LogP contribution in [0.15, 0.2) is 30.4 Å². The summed E-state index contributed by atoms with van der Waals surface area (Å²) in [5.74, 6) is 0.0337. The van der Waals surface area contributed by atoms with Gasteiger partial charge in [-0.15, -0.1) is 0 Å². The first-order valence-corrected chi connectivity index (χ1v) is 19.2. The highest BCUT2D eigenvalue weighted by Gasteiger charge is 2.41. The summed E-state index contributed by atoms with van der Waals surface area (Å²) in [6.07, 6.45) is 12.1. The number of imidazole rings is 1. The second-order valence-electron chi connectivity index (χ2n) is 14.5. The van der Waals surface area contributed by atoms with Crippen molar-refractivity contribution in [2.24, 2.45) is 17.6 Å². The van der Waals surface area contributed by atoms with Crippen LogP contribution in [0.1, 0.15) is 105 Å². The van der Waals surface area contributed by atoms with Gasteiger partial charge < -0.3 is 25.4 Å². The number of amides is 4. The molecule has 1 aliphatic carbocycles. The lowest BCUT2D eigenvalue weighted by molar-refractivity contribution is -0.136. The van der Waals surface area contributed by atoms with Gasteiger partial charge in [-0.3, -0.25) is 23.7 Å². The van der Waals surface area contributed by atoms with E-state index in [0.717, 1.165) is 36.7 Å². The summed E-state index contributed by atoms with van der Waals surface area (Å²) in [6, 6.07) is 6.80. The van der Waals surface area contributed by atoms with E-state index in [1.165, 1.54) is 41.9 Å². The summed E-state index contributed by atoms with van der Waals surface area (Å²) in [4.78, 5) is 52.1. The molecule has 1 saturated carbocycles. The Morgan fingerprint density at radius 3 is 2.44 bits per heavy atom. The number of fused-ring (bicyclic) bond motifs is 1. The van der Waals surface area contributed by atoms with Crippen molar-refractivity contribution >= 4 is 47.0 Å². The fourth-order valence-electron chi connectivity index (χ4n) is 5.73. The van der Waals surface area contributed by atoms with Gasteiger partial charge in [-0.05, 0) is 105 Å². The van der Waals surface area contributed by atoms with Crippen LogP contribution in [0, 0.1) is 11.8 Å². The third-order valence-corrected chi connectivity index (χ3v) is 9.06. The number of rotatable bonds is 14. The molecule has 1 aromatic heterocycles. The molecule has 2 aromatic rings. The van der Waals surface area contributed by atoms with E-state index < -0.39 is 23.6 Å². The van der Waals surface area contributed by atoms with Gasteiger partial charge in [-0.1, -0.05) is 51.0 Å². The van der Waals surface area contributed by atoms with Gasteiger partial charge in [0, 0.05) is 30.6 Å². The van der Waals surface area contributed by atoms with Crippen molar-refractivity contribution in [2.75, 3.05) is 34.3 Å². The van der Waals surface area contributed by atoms with Gasteiger partial charge in [0.05, 0.1) is 18.1 Å². The lowest BCUT2D eigenvalue weighted by atomic mass is 10.1. The van der Waals surface area contributed by atoms with Gasteiger partial charge in [-0.2, -0.15) is 4.98 Å². The average Bonchev–Trinajstić information content (AvgIpc) is 3.48. The van der Waals surface area contributed by atoms with Crippen molar-refractivity contribution < 1.29 is 28.7 Å². The first-order valence-electron chi connectivity index (χ1n) is 18.4. The number of allylic oxidation sites excluding steroid dienone is 2. The maximum Gasteiger partial charge on any atom is 0.408 e. The summed E-state index contributed by atoms with van der Waals surface area (Å²) >= 11 is 1.35. The summed E-state index contributed by atoms with van der Waals surface area (Å²) in [5, 5.41) is 2.37. The highest BCUT2D eigenvalue weighted by Crippen LogP contribution is 2.40. The summed E-state index contributed by atoms with van der Waals surface area (Å²) < 4.78 is 17.2. The third-order valence-electron chi connectivity index (χ3n) is 8.40. The number of aromatic nitrogens is 2. The van der Waals surface area contributed by atoms with E-state index in [2.05, 4.69) is 77.6 Å². The Labute approximate surface area is 315 Å². The molecular weight excluding hydrogens is 683 g/mol. The number of primary amides is 1. The number of nitrogens with one attached hydrogen (secondary N) is 2. The Bertz CT molecular complexity index is 1490. The molecule has 14 heteroatoms. The van der Waals surface area contributed by atoms with Crippen LogP contribution in [0.5, 0.6) is 6.01 Å². The van der Waals surface area contributed by atoms with Gasteiger partial charge in [0.2, 0.25) is 17.7 Å². The molecule has 3 unspecified atom stereocenters. The highest BCUT2D eigenvalue weighted by atomic mass is 32.2. The number of carbonyl (C=O) groups excluding carboxylic acids is 4. The smallest absolute Gasteiger partial charge is 0.408 e. The lowest BCUT2D eigenvalue weighted by Gasteiger charge is -2.23. The third kappa shape index (κ3) is 14.7. The molecule has 3 atom stereocenters. The Kier molecular flexibility index (Phi) is 18.5. The van der Waals surface area contributed by atoms with Crippen LogP contribution in [-0.4, -0.2) is 88.5 Å². The number of benzene rings is 1. The molecule has 1 aliphatic heterocycles. The maximum atomic E-state index is 11.9. The van der Waals surface area contributed by atoms with Crippen LogP contribution >= 0.6 is 12.1 Å². The molecule has 13 nitrogen and oxygen atoms in total. The van der Waals surface area contributed by atoms with Gasteiger partial charge in [0.15, 0.2) is 0 Å². The lowest BCUT2D eigenvalue weighted by Crippen LogP contribution is -2.48. The Balaban J connectivity index is 0.000000271. The monoisotopic (exact) mass is 745 g/mol. The standard InChI is InChI=1S/C13H24N2OS.C13H18N2O.C12H21N3O4/c1-4-5-6-7-8-9-11-10-12(11)13(16)14-17-15(2)3;1-5-10-7-6-8-11-12(10)14-13(16-4)15(11)9(2)3;1-12(2,3)19-11(18)14-7-9(16)15-6-4-5-8(15)10(13)17/h8-9,11-12H,4-7,10H2,1-3H3,(H,14,16);6-9H,5H2,1-4H3;8H,4-7H2,1-3H3,(H2,13,17)(H,14,18)/b9-8-;;. The summed E-state index contributed by atoms with van der Waals surface area (Å²) in [7, 11) is 5.51. The van der Waals surface area contributed by atoms with Crippen molar-refractivity contribution in [3.63, 3.8) is 0 Å². The fraction of sp³-hybridized carbons (Fsp3) is 0.658. The van der Waals surface area contributed by atoms with Crippen LogP contribution in [0.25, 0.3) is 11.0 Å². The van der Waals surface area contributed by atoms with E-state index >= 15 is 0 Å². The van der Waals surface area contributed by atoms with E-state index in [4.69, 9.17) is 15.2 Å². The fourth-order valence-corrected chi connectivity index (χ4v) is 6.15. The summed E-state index contributed by atoms with van der Waals surface area (Å²) in [6.45, 7) is 14.1. The quantitative estimate of drug-likeness (QED) is 0.117.